The molecule has 2 heterocycles. The fraction of sp³-hybridized carbons (Fsp3) is 0.716. The van der Waals surface area contributed by atoms with Gasteiger partial charge in [0.25, 0.3) is 0 Å². The van der Waals surface area contributed by atoms with Gasteiger partial charge in [0.2, 0.25) is 24.4 Å². The van der Waals surface area contributed by atoms with Gasteiger partial charge < -0.3 is 142 Å². The molecule has 2 aliphatic heterocycles. The molecule has 0 radical (unpaired) electrons. The fourth-order valence-electron chi connectivity index (χ4n) is 11.8. The number of aliphatic hydroxyl groups is 6. The van der Waals surface area contributed by atoms with Gasteiger partial charge in [0.05, 0.1) is 156 Å². The first-order chi connectivity index (χ1) is 58.7. The second-order valence-corrected chi connectivity index (χ2v) is 28.2. The third-order valence-electron chi connectivity index (χ3n) is 18.5. The van der Waals surface area contributed by atoms with E-state index in [-0.39, 0.29) is 282 Å². The Bertz CT molecular complexity index is 3390. The molecular weight excluding hydrogens is 1620 g/mol. The summed E-state index contributed by atoms with van der Waals surface area (Å²) in [5.74, 6) is -3.58. The minimum atomic E-state index is -1.95. The number of aliphatic hydroxyl groups excluding tert-OH is 6. The van der Waals surface area contributed by atoms with E-state index in [0.717, 1.165) is 0 Å². The molecule has 0 spiro atoms. The number of benzene rings is 2. The number of ketones is 5. The zero-order valence-corrected chi connectivity index (χ0v) is 69.7. The number of nitrogens with two attached hydrogens (primary N) is 1. The Labute approximate surface area is 707 Å². The highest BCUT2D eigenvalue weighted by molar-refractivity contribution is 5.99. The Balaban J connectivity index is 1.06. The maximum absolute atomic E-state index is 13.9. The van der Waals surface area contributed by atoms with Crippen molar-refractivity contribution in [3.05, 3.63) is 58.7 Å². The molecule has 2 fully saturated rings. The summed E-state index contributed by atoms with van der Waals surface area (Å²) in [7, 11) is 0. The zero-order chi connectivity index (χ0) is 89.2. The van der Waals surface area contributed by atoms with Crippen LogP contribution < -0.4 is 26.0 Å². The van der Waals surface area contributed by atoms with Crippen molar-refractivity contribution in [3.63, 3.8) is 0 Å². The molecule has 0 aliphatic carbocycles. The maximum atomic E-state index is 13.9. The van der Waals surface area contributed by atoms with E-state index < -0.39 is 128 Å². The van der Waals surface area contributed by atoms with Crippen LogP contribution in [0.25, 0.3) is 0 Å². The number of carboxylic acid groups (broad SMARTS) is 2. The lowest BCUT2D eigenvalue weighted by Crippen LogP contribution is -2.61. The van der Waals surface area contributed by atoms with Crippen LogP contribution in [-0.2, 0) is 137 Å². The Morgan fingerprint density at radius 1 is 0.459 bits per heavy atom. The molecule has 2 aliphatic rings. The third-order valence-corrected chi connectivity index (χ3v) is 18.5. The van der Waals surface area contributed by atoms with Crippen LogP contribution in [0.2, 0.25) is 0 Å². The third kappa shape index (κ3) is 45.3. The lowest BCUT2D eigenvalue weighted by Gasteiger charge is -2.38. The number of aliphatic carboxylic acids is 2. The van der Waals surface area contributed by atoms with Crippen LogP contribution in [-0.4, -0.2) is 345 Å². The Hall–Kier alpha value is -7.67. The predicted molar refractivity (Wildman–Crippen MR) is 421 cm³/mol. The molecule has 0 bridgehead atoms. The summed E-state index contributed by atoms with van der Waals surface area (Å²) in [6.07, 6.45) is -14.1. The summed E-state index contributed by atoms with van der Waals surface area (Å²) in [4.78, 5) is 144. The van der Waals surface area contributed by atoms with Crippen molar-refractivity contribution in [2.24, 2.45) is 17.7 Å². The summed E-state index contributed by atoms with van der Waals surface area (Å²) in [6, 6.07) is 7.74. The Kier molecular flexibility index (Phi) is 56.1. The van der Waals surface area contributed by atoms with Crippen molar-refractivity contribution < 1.29 is 184 Å². The SMILES string of the molecule is CC[C@@H](CC(=O)COCCOCCOCCOCCOCCCC(=O)c1cc(COC(C)=O)ccc1O[C@@H]1O[C@H](C(=O)O)[C@@H](O)[C@H](O)[C@H]1O)C(=O)NCCCC[C@@H](NC(=O)[C@@H](CCC(=O)O)CC(=O)COCCOCCOCCOCCOCCCC(=O)c1cc(COC(C)=O)ccc1O[C@@H]1OC[C@@H](O)[C@H](O)[C@H]1O)C(=O)CCCOCCOCCON. The van der Waals surface area contributed by atoms with Crippen LogP contribution in [0.4, 0.5) is 0 Å². The van der Waals surface area contributed by atoms with E-state index in [9.17, 15) is 93.6 Å². The number of rotatable bonds is 74. The number of carbonyl (C=O) groups excluding carboxylic acids is 9. The molecule has 4 rings (SSSR count). The fourth-order valence-corrected chi connectivity index (χ4v) is 11.8. The first kappa shape index (κ1) is 107. The molecule has 41 nitrogen and oxygen atoms in total. The molecular formula is C81H125N3O38. The Morgan fingerprint density at radius 2 is 0.877 bits per heavy atom. The van der Waals surface area contributed by atoms with Gasteiger partial charge in [0.15, 0.2) is 35.0 Å². The lowest BCUT2D eigenvalue weighted by molar-refractivity contribution is -0.271. The van der Waals surface area contributed by atoms with Gasteiger partial charge in [-0.05, 0) is 86.8 Å². The normalized spacial score (nSPS) is 19.0. The minimum absolute atomic E-state index is 0.00364. The molecule has 2 amide bonds. The second kappa shape index (κ2) is 64.1. The summed E-state index contributed by atoms with van der Waals surface area (Å²) < 4.78 is 98.4. The van der Waals surface area contributed by atoms with E-state index >= 15 is 0 Å². The number of nitrogens with one attached hydrogen (secondary N) is 2. The highest BCUT2D eigenvalue weighted by Crippen LogP contribution is 2.31. The monoisotopic (exact) mass is 1750 g/mol. The number of esters is 2. The number of ether oxygens (including phenoxy) is 18. The largest absolute Gasteiger partial charge is 0.481 e. The first-order valence-electron chi connectivity index (χ1n) is 40.9. The maximum Gasteiger partial charge on any atom is 0.335 e. The summed E-state index contributed by atoms with van der Waals surface area (Å²) in [5.41, 5.74) is 1.06. The van der Waals surface area contributed by atoms with Gasteiger partial charge >= 0.3 is 23.9 Å². The van der Waals surface area contributed by atoms with Crippen LogP contribution in [0.15, 0.2) is 36.4 Å². The van der Waals surface area contributed by atoms with Gasteiger partial charge in [-0.25, -0.2) is 10.7 Å². The van der Waals surface area contributed by atoms with E-state index in [1.807, 2.05) is 0 Å². The quantitative estimate of drug-likeness (QED) is 0.0182. The highest BCUT2D eigenvalue weighted by Gasteiger charge is 2.48. The van der Waals surface area contributed by atoms with Crippen LogP contribution in [0.3, 0.4) is 0 Å². The van der Waals surface area contributed by atoms with E-state index in [4.69, 9.17) is 91.2 Å². The number of hydrogen-bond acceptors (Lipinski definition) is 37. The zero-order valence-electron chi connectivity index (χ0n) is 69.7. The Morgan fingerprint density at radius 3 is 1.31 bits per heavy atom. The van der Waals surface area contributed by atoms with Gasteiger partial charge in [-0.1, -0.05) is 19.1 Å². The molecule has 692 valence electrons. The predicted octanol–water partition coefficient (Wildman–Crippen LogP) is 0.163. The number of Topliss-reactive ketones (excluding diaryl/α,β-unsaturated/α-hetero) is 5. The van der Waals surface area contributed by atoms with Crippen LogP contribution >= 0.6 is 0 Å². The number of unbranched alkanes of at least 4 members (excludes halogenated alkanes) is 1. The van der Waals surface area contributed by atoms with Gasteiger partial charge in [0, 0.05) is 90.6 Å². The van der Waals surface area contributed by atoms with Gasteiger partial charge in [-0.15, -0.1) is 0 Å². The van der Waals surface area contributed by atoms with Crippen LogP contribution in [0, 0.1) is 11.8 Å². The molecule has 122 heavy (non-hydrogen) atoms. The van der Waals surface area contributed by atoms with Gasteiger partial charge in [-0.3, -0.25) is 47.9 Å². The summed E-state index contributed by atoms with van der Waals surface area (Å²) >= 11 is 0. The van der Waals surface area contributed by atoms with Crippen molar-refractivity contribution in [2.75, 3.05) is 178 Å². The van der Waals surface area contributed by atoms with E-state index in [0.29, 0.717) is 43.2 Å². The van der Waals surface area contributed by atoms with Crippen molar-refractivity contribution in [3.8, 4) is 11.5 Å². The molecule has 2 aromatic carbocycles. The molecule has 12 atom stereocenters. The number of carbonyl (C=O) groups is 11. The molecule has 0 unspecified atom stereocenters. The number of amides is 2. The topological polar surface area (TPSA) is 575 Å². The van der Waals surface area contributed by atoms with Gasteiger partial charge in [-0.2, -0.15) is 0 Å². The van der Waals surface area contributed by atoms with Crippen molar-refractivity contribution in [2.45, 2.75) is 185 Å². The standard InChI is InChI=1S/C81H125N3O38/c1-4-57(46-59(87)50-114-40-38-111-36-34-109-32-30-108-28-25-105-22-8-12-65(90)62-45-56(49-117-54(3)86)15-18-69(62)121-81-75(99)72(96)73(97)76(122-81)79(102)103)77(100)83-20-6-5-10-63(66(91)13-9-23-106-26-29-113-42-43-119-82)84-78(101)58(16-19-70(93)94)47-60(88)51-115-41-39-112-37-35-110-33-31-107-27-24-104-21-7-11-64(89)61-44-55(48-116-53(2)85)14-17-68(61)120-80-74(98)71(95)67(92)52-118-80/h14-15,17-18,44-45,57-58,63,67,71-76,80-81,92,95-99H,4-13,16,19-43,46-52,82H2,1-3H3,(H,83,100)(H,84,101)(H,93,94)(H,102,103)/t57-,58-,63+,67+,71-,72-,73-,74+,75+,76-,80-,81+/m0/s1. The minimum Gasteiger partial charge on any atom is -0.481 e. The average molecular weight is 1750 g/mol. The van der Waals surface area contributed by atoms with Crippen LogP contribution in [0.1, 0.15) is 143 Å². The average Bonchev–Trinajstić information content (AvgIpc) is 0.789. The van der Waals surface area contributed by atoms with E-state index in [2.05, 4.69) is 15.5 Å². The second-order valence-electron chi connectivity index (χ2n) is 28.2. The molecule has 0 aromatic heterocycles. The summed E-state index contributed by atoms with van der Waals surface area (Å²) in [5, 5.41) is 85.6. The summed E-state index contributed by atoms with van der Waals surface area (Å²) in [6.45, 7) is 8.02. The highest BCUT2D eigenvalue weighted by atomic mass is 16.7. The molecule has 12 N–H and O–H groups in total. The number of carboxylic acids is 2. The van der Waals surface area contributed by atoms with Crippen molar-refractivity contribution in [1.82, 2.24) is 10.6 Å². The lowest BCUT2D eigenvalue weighted by atomic mass is 9.94. The van der Waals surface area contributed by atoms with Crippen LogP contribution in [0.5, 0.6) is 11.5 Å². The van der Waals surface area contributed by atoms with Gasteiger partial charge in [0.1, 0.15) is 74.6 Å². The number of hydrogen-bond donors (Lipinski definition) is 11. The molecule has 2 aromatic rings. The first-order valence-corrected chi connectivity index (χ1v) is 40.9. The van der Waals surface area contributed by atoms with E-state index in [1.165, 1.54) is 44.2 Å². The van der Waals surface area contributed by atoms with E-state index in [1.54, 1.807) is 13.0 Å². The molecule has 41 heteroatoms. The molecule has 2 saturated heterocycles. The van der Waals surface area contributed by atoms with Crippen molar-refractivity contribution >= 4 is 64.6 Å². The smallest absolute Gasteiger partial charge is 0.335 e. The van der Waals surface area contributed by atoms with Crippen molar-refractivity contribution in [1.29, 1.82) is 0 Å². The molecule has 0 saturated carbocycles.